The number of benzene rings is 1. The minimum Gasteiger partial charge on any atom is -0.399 e. The van der Waals surface area contributed by atoms with Crippen LogP contribution in [0.1, 0.15) is 24.8 Å². The number of piperidine rings is 1. The lowest BCUT2D eigenvalue weighted by Crippen LogP contribution is -2.37. The van der Waals surface area contributed by atoms with Crippen molar-refractivity contribution in [2.24, 2.45) is 0 Å². The molecular formula is C16H27N3. The lowest BCUT2D eigenvalue weighted by molar-refractivity contribution is 0.197. The monoisotopic (exact) mass is 261 g/mol. The Balaban J connectivity index is 1.63. The van der Waals surface area contributed by atoms with Crippen molar-refractivity contribution in [2.45, 2.75) is 25.7 Å². The fraction of sp³-hybridized carbons (Fsp3) is 0.625. The molecule has 0 unspecified atom stereocenters. The standard InChI is InChI=1S/C16H27N3/c1-18(13-14-19-10-3-2-4-11-19)12-9-15-5-7-16(17)8-6-15/h5-8H,2-4,9-14,17H2,1H3. The fourth-order valence-electron chi connectivity index (χ4n) is 2.61. The van der Waals surface area contributed by atoms with Crippen molar-refractivity contribution in [3.05, 3.63) is 29.8 Å². The van der Waals surface area contributed by atoms with Crippen LogP contribution < -0.4 is 5.73 Å². The maximum atomic E-state index is 5.70. The van der Waals surface area contributed by atoms with Gasteiger partial charge in [-0.3, -0.25) is 0 Å². The molecule has 1 saturated heterocycles. The first-order valence-electron chi connectivity index (χ1n) is 7.49. The third kappa shape index (κ3) is 5.21. The van der Waals surface area contributed by atoms with Gasteiger partial charge in [-0.2, -0.15) is 0 Å². The third-order valence-electron chi connectivity index (χ3n) is 4.01. The zero-order valence-electron chi connectivity index (χ0n) is 12.1. The lowest BCUT2D eigenvalue weighted by Gasteiger charge is -2.28. The van der Waals surface area contributed by atoms with E-state index in [0.717, 1.165) is 18.7 Å². The average Bonchev–Trinajstić information content (AvgIpc) is 2.45. The Kier molecular flexibility index (Phi) is 5.67. The van der Waals surface area contributed by atoms with Gasteiger partial charge in [0.15, 0.2) is 0 Å². The van der Waals surface area contributed by atoms with Crippen LogP contribution in [0, 0.1) is 0 Å². The normalized spacial score (nSPS) is 16.9. The first-order chi connectivity index (χ1) is 9.24. The summed E-state index contributed by atoms with van der Waals surface area (Å²) in [7, 11) is 2.22. The van der Waals surface area contributed by atoms with E-state index in [9.17, 15) is 0 Å². The Morgan fingerprint density at radius 1 is 1.05 bits per heavy atom. The summed E-state index contributed by atoms with van der Waals surface area (Å²) in [4.78, 5) is 5.04. The molecule has 2 rings (SSSR count). The van der Waals surface area contributed by atoms with Crippen molar-refractivity contribution in [1.29, 1.82) is 0 Å². The molecule has 0 aliphatic carbocycles. The molecule has 1 heterocycles. The maximum absolute atomic E-state index is 5.70. The average molecular weight is 261 g/mol. The van der Waals surface area contributed by atoms with Gasteiger partial charge in [0.05, 0.1) is 0 Å². The van der Waals surface area contributed by atoms with Crippen LogP contribution in [0.15, 0.2) is 24.3 Å². The van der Waals surface area contributed by atoms with Crippen LogP contribution >= 0.6 is 0 Å². The molecule has 1 aliphatic rings. The number of likely N-dealkylation sites (N-methyl/N-ethyl adjacent to an activating group) is 1. The molecular weight excluding hydrogens is 234 g/mol. The molecule has 1 aromatic rings. The highest BCUT2D eigenvalue weighted by molar-refractivity contribution is 5.39. The summed E-state index contributed by atoms with van der Waals surface area (Å²) in [5.41, 5.74) is 7.92. The van der Waals surface area contributed by atoms with Gasteiger partial charge in [0.1, 0.15) is 0 Å². The zero-order chi connectivity index (χ0) is 13.5. The number of likely N-dealkylation sites (tertiary alicyclic amines) is 1. The van der Waals surface area contributed by atoms with Crippen molar-refractivity contribution in [2.75, 3.05) is 45.5 Å². The van der Waals surface area contributed by atoms with Crippen molar-refractivity contribution < 1.29 is 0 Å². The molecule has 3 heteroatoms. The molecule has 1 aliphatic heterocycles. The number of nitrogens with zero attached hydrogens (tertiary/aromatic N) is 2. The van der Waals surface area contributed by atoms with Gasteiger partial charge in [-0.15, -0.1) is 0 Å². The first kappa shape index (κ1) is 14.4. The van der Waals surface area contributed by atoms with E-state index in [1.807, 2.05) is 12.1 Å². The van der Waals surface area contributed by atoms with Gasteiger partial charge < -0.3 is 15.5 Å². The molecule has 3 nitrogen and oxygen atoms in total. The largest absolute Gasteiger partial charge is 0.399 e. The van der Waals surface area contributed by atoms with Crippen molar-refractivity contribution in [1.82, 2.24) is 9.80 Å². The van der Waals surface area contributed by atoms with Crippen molar-refractivity contribution >= 4 is 5.69 Å². The summed E-state index contributed by atoms with van der Waals surface area (Å²) in [6, 6.07) is 8.24. The highest BCUT2D eigenvalue weighted by Crippen LogP contribution is 2.09. The molecule has 0 radical (unpaired) electrons. The fourth-order valence-corrected chi connectivity index (χ4v) is 2.61. The zero-order valence-corrected chi connectivity index (χ0v) is 12.1. The van der Waals surface area contributed by atoms with Gasteiger partial charge in [0, 0.05) is 25.3 Å². The van der Waals surface area contributed by atoms with Crippen LogP contribution in [0.4, 0.5) is 5.69 Å². The molecule has 1 aromatic carbocycles. The summed E-state index contributed by atoms with van der Waals surface area (Å²) in [6.07, 6.45) is 5.30. The molecule has 19 heavy (non-hydrogen) atoms. The number of nitrogens with two attached hydrogens (primary N) is 1. The molecule has 0 atom stereocenters. The third-order valence-corrected chi connectivity index (χ3v) is 4.01. The van der Waals surface area contributed by atoms with E-state index in [4.69, 9.17) is 5.73 Å². The second-order valence-corrected chi connectivity index (χ2v) is 5.70. The maximum Gasteiger partial charge on any atom is 0.0314 e. The predicted octanol–water partition coefficient (Wildman–Crippen LogP) is 2.23. The van der Waals surface area contributed by atoms with Gasteiger partial charge >= 0.3 is 0 Å². The van der Waals surface area contributed by atoms with Crippen LogP contribution in [0.3, 0.4) is 0 Å². The van der Waals surface area contributed by atoms with E-state index < -0.39 is 0 Å². The number of hydrogen-bond donors (Lipinski definition) is 1. The summed E-state index contributed by atoms with van der Waals surface area (Å²) < 4.78 is 0. The van der Waals surface area contributed by atoms with Gasteiger partial charge in [0.25, 0.3) is 0 Å². The summed E-state index contributed by atoms with van der Waals surface area (Å²) in [5.74, 6) is 0. The van der Waals surface area contributed by atoms with E-state index in [2.05, 4.69) is 29.0 Å². The summed E-state index contributed by atoms with van der Waals surface area (Å²) in [6.45, 7) is 6.11. The van der Waals surface area contributed by atoms with Gasteiger partial charge in [-0.05, 0) is 57.1 Å². The van der Waals surface area contributed by atoms with E-state index >= 15 is 0 Å². The van der Waals surface area contributed by atoms with E-state index in [0.29, 0.717) is 0 Å². The predicted molar refractivity (Wildman–Crippen MR) is 82.3 cm³/mol. The van der Waals surface area contributed by atoms with Crippen molar-refractivity contribution in [3.8, 4) is 0 Å². The van der Waals surface area contributed by atoms with Crippen LogP contribution in [-0.4, -0.2) is 49.6 Å². The van der Waals surface area contributed by atoms with Gasteiger partial charge in [0.2, 0.25) is 0 Å². The second-order valence-electron chi connectivity index (χ2n) is 5.70. The number of rotatable bonds is 6. The lowest BCUT2D eigenvalue weighted by atomic mass is 10.1. The Hall–Kier alpha value is -1.06. The quantitative estimate of drug-likeness (QED) is 0.797. The molecule has 2 N–H and O–H groups in total. The van der Waals surface area contributed by atoms with E-state index in [1.165, 1.54) is 51.0 Å². The molecule has 0 bridgehead atoms. The highest BCUT2D eigenvalue weighted by Gasteiger charge is 2.10. The molecule has 0 saturated carbocycles. The van der Waals surface area contributed by atoms with E-state index in [1.54, 1.807) is 0 Å². The van der Waals surface area contributed by atoms with E-state index in [-0.39, 0.29) is 0 Å². The molecule has 1 fully saturated rings. The SMILES string of the molecule is CN(CCc1ccc(N)cc1)CCN1CCCCC1. The minimum atomic E-state index is 0.849. The molecule has 0 amide bonds. The Labute approximate surface area is 117 Å². The molecule has 106 valence electrons. The number of anilines is 1. The summed E-state index contributed by atoms with van der Waals surface area (Å²) >= 11 is 0. The Morgan fingerprint density at radius 3 is 2.42 bits per heavy atom. The second kappa shape index (κ2) is 7.51. The number of nitrogen functional groups attached to an aromatic ring is 1. The Bertz CT molecular complexity index is 355. The number of hydrogen-bond acceptors (Lipinski definition) is 3. The Morgan fingerprint density at radius 2 is 1.74 bits per heavy atom. The topological polar surface area (TPSA) is 32.5 Å². The van der Waals surface area contributed by atoms with Gasteiger partial charge in [-0.1, -0.05) is 18.6 Å². The van der Waals surface area contributed by atoms with Crippen LogP contribution in [-0.2, 0) is 6.42 Å². The smallest absolute Gasteiger partial charge is 0.0314 e. The van der Waals surface area contributed by atoms with Crippen LogP contribution in [0.5, 0.6) is 0 Å². The van der Waals surface area contributed by atoms with Crippen LogP contribution in [0.2, 0.25) is 0 Å². The van der Waals surface area contributed by atoms with Gasteiger partial charge in [-0.25, -0.2) is 0 Å². The highest BCUT2D eigenvalue weighted by atomic mass is 15.2. The molecule has 0 spiro atoms. The summed E-state index contributed by atoms with van der Waals surface area (Å²) in [5, 5.41) is 0. The van der Waals surface area contributed by atoms with Crippen LogP contribution in [0.25, 0.3) is 0 Å². The van der Waals surface area contributed by atoms with Crippen molar-refractivity contribution in [3.63, 3.8) is 0 Å². The molecule has 0 aromatic heterocycles. The minimum absolute atomic E-state index is 0.849. The first-order valence-corrected chi connectivity index (χ1v) is 7.49.